The Morgan fingerprint density at radius 2 is 2.19 bits per heavy atom. The molecule has 2 unspecified atom stereocenters. The SMILES string of the molecule is CCOc1ccccc1/C=C/C(=O)NC1CC(O)C1(C)C. The number of hydrogen-bond acceptors (Lipinski definition) is 3. The molecule has 1 amide bonds. The van der Waals surface area contributed by atoms with Crippen molar-refractivity contribution in [3.63, 3.8) is 0 Å². The van der Waals surface area contributed by atoms with E-state index in [1.165, 1.54) is 6.08 Å². The predicted molar refractivity (Wildman–Crippen MR) is 83.0 cm³/mol. The molecule has 0 spiro atoms. The van der Waals surface area contributed by atoms with Crippen molar-refractivity contribution >= 4 is 12.0 Å². The Morgan fingerprint density at radius 3 is 2.81 bits per heavy atom. The van der Waals surface area contributed by atoms with Gasteiger partial charge in [-0.05, 0) is 25.5 Å². The van der Waals surface area contributed by atoms with E-state index in [2.05, 4.69) is 5.32 Å². The zero-order valence-electron chi connectivity index (χ0n) is 12.8. The van der Waals surface area contributed by atoms with E-state index in [9.17, 15) is 9.90 Å². The highest BCUT2D eigenvalue weighted by Gasteiger charge is 2.47. The first-order chi connectivity index (χ1) is 9.95. The van der Waals surface area contributed by atoms with E-state index >= 15 is 0 Å². The van der Waals surface area contributed by atoms with Gasteiger partial charge in [0.05, 0.1) is 12.7 Å². The number of amides is 1. The van der Waals surface area contributed by atoms with Crippen LogP contribution in [0.25, 0.3) is 6.08 Å². The van der Waals surface area contributed by atoms with Crippen LogP contribution in [-0.2, 0) is 4.79 Å². The van der Waals surface area contributed by atoms with Crippen LogP contribution in [-0.4, -0.2) is 29.8 Å². The van der Waals surface area contributed by atoms with Crippen molar-refractivity contribution < 1.29 is 14.6 Å². The maximum atomic E-state index is 12.0. The van der Waals surface area contributed by atoms with Gasteiger partial charge in [0.15, 0.2) is 0 Å². The van der Waals surface area contributed by atoms with Crippen molar-refractivity contribution in [2.75, 3.05) is 6.61 Å². The van der Waals surface area contributed by atoms with Gasteiger partial charge in [-0.2, -0.15) is 0 Å². The molecule has 2 atom stereocenters. The summed E-state index contributed by atoms with van der Waals surface area (Å²) in [5, 5.41) is 12.6. The van der Waals surface area contributed by atoms with E-state index < -0.39 is 0 Å². The number of rotatable bonds is 5. The number of aliphatic hydroxyl groups is 1. The molecule has 21 heavy (non-hydrogen) atoms. The molecular weight excluding hydrogens is 266 g/mol. The lowest BCUT2D eigenvalue weighted by molar-refractivity contribution is -0.124. The second-order valence-electron chi connectivity index (χ2n) is 5.94. The molecule has 1 fully saturated rings. The van der Waals surface area contributed by atoms with Gasteiger partial charge in [-0.15, -0.1) is 0 Å². The molecule has 0 heterocycles. The molecule has 1 aliphatic carbocycles. The molecule has 4 heteroatoms. The lowest BCUT2D eigenvalue weighted by Gasteiger charge is -2.49. The number of para-hydroxylation sites is 1. The Labute approximate surface area is 125 Å². The molecule has 2 rings (SSSR count). The summed E-state index contributed by atoms with van der Waals surface area (Å²) in [6.45, 7) is 6.43. The van der Waals surface area contributed by atoms with Gasteiger partial charge in [0.1, 0.15) is 5.75 Å². The highest BCUT2D eigenvalue weighted by Crippen LogP contribution is 2.40. The highest BCUT2D eigenvalue weighted by atomic mass is 16.5. The number of hydrogen-bond donors (Lipinski definition) is 2. The van der Waals surface area contributed by atoms with E-state index in [1.54, 1.807) is 6.08 Å². The average Bonchev–Trinajstić information content (AvgIpc) is 2.46. The first-order valence-corrected chi connectivity index (χ1v) is 7.33. The number of carbonyl (C=O) groups excluding carboxylic acids is 1. The standard InChI is InChI=1S/C17H23NO3/c1-4-21-13-8-6-5-7-12(13)9-10-16(20)18-14-11-15(19)17(14,2)3/h5-10,14-15,19H,4,11H2,1-3H3,(H,18,20)/b10-9+. The number of ether oxygens (including phenoxy) is 1. The zero-order valence-corrected chi connectivity index (χ0v) is 12.8. The summed E-state index contributed by atoms with van der Waals surface area (Å²) < 4.78 is 5.51. The minimum absolute atomic E-state index is 0.0202. The Hall–Kier alpha value is -1.81. The molecule has 114 valence electrons. The molecule has 4 nitrogen and oxygen atoms in total. The first kappa shape index (κ1) is 15.6. The minimum Gasteiger partial charge on any atom is -0.493 e. The molecular formula is C17H23NO3. The zero-order chi connectivity index (χ0) is 15.5. The van der Waals surface area contributed by atoms with Crippen LogP contribution in [0.15, 0.2) is 30.3 Å². The van der Waals surface area contributed by atoms with E-state index in [-0.39, 0.29) is 23.5 Å². The third kappa shape index (κ3) is 3.45. The van der Waals surface area contributed by atoms with Crippen molar-refractivity contribution in [2.24, 2.45) is 5.41 Å². The molecule has 2 N–H and O–H groups in total. The number of carbonyl (C=O) groups is 1. The number of benzene rings is 1. The van der Waals surface area contributed by atoms with Crippen LogP contribution in [0.3, 0.4) is 0 Å². The Balaban J connectivity index is 1.97. The van der Waals surface area contributed by atoms with Crippen LogP contribution in [0.2, 0.25) is 0 Å². The van der Waals surface area contributed by atoms with Crippen molar-refractivity contribution in [1.29, 1.82) is 0 Å². The van der Waals surface area contributed by atoms with Gasteiger partial charge < -0.3 is 15.2 Å². The molecule has 0 aliphatic heterocycles. The third-order valence-corrected chi connectivity index (χ3v) is 4.17. The molecule has 0 saturated heterocycles. The first-order valence-electron chi connectivity index (χ1n) is 7.33. The summed E-state index contributed by atoms with van der Waals surface area (Å²) in [4.78, 5) is 12.0. The Morgan fingerprint density at radius 1 is 1.48 bits per heavy atom. The summed E-state index contributed by atoms with van der Waals surface area (Å²) >= 11 is 0. The summed E-state index contributed by atoms with van der Waals surface area (Å²) in [6.07, 6.45) is 3.54. The summed E-state index contributed by atoms with van der Waals surface area (Å²) in [7, 11) is 0. The Kier molecular flexibility index (Phi) is 4.68. The monoisotopic (exact) mass is 289 g/mol. The Bertz CT molecular complexity index is 537. The van der Waals surface area contributed by atoms with Crippen LogP contribution in [0.1, 0.15) is 32.8 Å². The second-order valence-corrected chi connectivity index (χ2v) is 5.94. The van der Waals surface area contributed by atoms with Crippen molar-refractivity contribution in [3.8, 4) is 5.75 Å². The van der Waals surface area contributed by atoms with Gasteiger partial charge in [0.2, 0.25) is 5.91 Å². The van der Waals surface area contributed by atoms with Crippen LogP contribution in [0.5, 0.6) is 5.75 Å². The van der Waals surface area contributed by atoms with E-state index in [0.717, 1.165) is 11.3 Å². The second kappa shape index (κ2) is 6.31. The highest BCUT2D eigenvalue weighted by molar-refractivity contribution is 5.92. The molecule has 1 aromatic carbocycles. The molecule has 1 aromatic rings. The predicted octanol–water partition coefficient (Wildman–Crippen LogP) is 2.37. The fourth-order valence-corrected chi connectivity index (χ4v) is 2.44. The van der Waals surface area contributed by atoms with Gasteiger partial charge in [0, 0.05) is 23.1 Å². The van der Waals surface area contributed by atoms with E-state index in [1.807, 2.05) is 45.0 Å². The quantitative estimate of drug-likeness (QED) is 0.818. The third-order valence-electron chi connectivity index (χ3n) is 4.17. The van der Waals surface area contributed by atoms with Crippen molar-refractivity contribution in [2.45, 2.75) is 39.3 Å². The summed E-state index contributed by atoms with van der Waals surface area (Å²) in [6, 6.07) is 7.62. The van der Waals surface area contributed by atoms with Gasteiger partial charge in [-0.1, -0.05) is 32.0 Å². The van der Waals surface area contributed by atoms with Crippen LogP contribution >= 0.6 is 0 Å². The maximum Gasteiger partial charge on any atom is 0.244 e. The molecule has 0 bridgehead atoms. The fourth-order valence-electron chi connectivity index (χ4n) is 2.44. The maximum absolute atomic E-state index is 12.0. The smallest absolute Gasteiger partial charge is 0.244 e. The summed E-state index contributed by atoms with van der Waals surface area (Å²) in [5.41, 5.74) is 0.620. The lowest BCUT2D eigenvalue weighted by atomic mass is 9.64. The van der Waals surface area contributed by atoms with Gasteiger partial charge in [0.25, 0.3) is 0 Å². The molecule has 0 aromatic heterocycles. The molecule has 0 radical (unpaired) electrons. The number of nitrogens with one attached hydrogen (secondary N) is 1. The molecule has 1 saturated carbocycles. The van der Waals surface area contributed by atoms with Gasteiger partial charge in [-0.25, -0.2) is 0 Å². The van der Waals surface area contributed by atoms with Gasteiger partial charge >= 0.3 is 0 Å². The van der Waals surface area contributed by atoms with E-state index in [4.69, 9.17) is 4.74 Å². The summed E-state index contributed by atoms with van der Waals surface area (Å²) in [5.74, 6) is 0.620. The average molecular weight is 289 g/mol. The fraction of sp³-hybridized carbons (Fsp3) is 0.471. The van der Waals surface area contributed by atoms with Crippen molar-refractivity contribution in [1.82, 2.24) is 5.32 Å². The topological polar surface area (TPSA) is 58.6 Å². The van der Waals surface area contributed by atoms with Gasteiger partial charge in [-0.3, -0.25) is 4.79 Å². The minimum atomic E-state index is -0.342. The number of aliphatic hydroxyl groups excluding tert-OH is 1. The normalized spacial score (nSPS) is 23.6. The lowest BCUT2D eigenvalue weighted by Crippen LogP contribution is -2.60. The van der Waals surface area contributed by atoms with Crippen molar-refractivity contribution in [3.05, 3.63) is 35.9 Å². The van der Waals surface area contributed by atoms with E-state index in [0.29, 0.717) is 13.0 Å². The van der Waals surface area contributed by atoms with Crippen LogP contribution in [0, 0.1) is 5.41 Å². The molecule has 1 aliphatic rings. The van der Waals surface area contributed by atoms with Crippen LogP contribution < -0.4 is 10.1 Å². The largest absolute Gasteiger partial charge is 0.493 e. The van der Waals surface area contributed by atoms with Crippen LogP contribution in [0.4, 0.5) is 0 Å².